The maximum absolute atomic E-state index is 11.6. The smallest absolute Gasteiger partial charge is 0.212 e. The van der Waals surface area contributed by atoms with Crippen molar-refractivity contribution in [2.45, 2.75) is 26.3 Å². The molecule has 0 aliphatic heterocycles. The third kappa shape index (κ3) is 4.17. The first kappa shape index (κ1) is 13.7. The number of rotatable bonds is 5. The number of nitriles is 1. The molecule has 0 bridgehead atoms. The fourth-order valence-corrected chi connectivity index (χ4v) is 2.73. The molecular formula is C12H16N2O2S. The Bertz CT molecular complexity index is 518. The molecule has 5 heteroatoms. The number of aryl methyl sites for hydroxylation is 1. The van der Waals surface area contributed by atoms with Gasteiger partial charge in [-0.25, -0.2) is 8.42 Å². The maximum Gasteiger partial charge on any atom is 0.213 e. The Balaban J connectivity index is 2.91. The van der Waals surface area contributed by atoms with Gasteiger partial charge in [0.25, 0.3) is 0 Å². The van der Waals surface area contributed by atoms with Crippen molar-refractivity contribution in [2.24, 2.45) is 0 Å². The van der Waals surface area contributed by atoms with Gasteiger partial charge in [0.1, 0.15) is 6.04 Å². The number of hydrogen-bond acceptors (Lipinski definition) is 3. The molecule has 1 aromatic carbocycles. The number of hydrogen-bond donors (Lipinski definition) is 1. The molecule has 0 radical (unpaired) electrons. The summed E-state index contributed by atoms with van der Waals surface area (Å²) in [5, 5.41) is 9.02. The first-order chi connectivity index (χ1) is 7.98. The first-order valence-corrected chi connectivity index (χ1v) is 7.10. The normalized spacial score (nSPS) is 13.0. The Morgan fingerprint density at radius 1 is 1.47 bits per heavy atom. The largest absolute Gasteiger partial charge is 0.213 e. The van der Waals surface area contributed by atoms with Crippen molar-refractivity contribution in [3.05, 3.63) is 35.4 Å². The molecule has 0 saturated heterocycles. The SMILES string of the molecule is CCCS(=O)(=O)NC(C#N)c1cccc(C)c1. The summed E-state index contributed by atoms with van der Waals surface area (Å²) in [6, 6.07) is 8.42. The third-order valence-corrected chi connectivity index (χ3v) is 3.82. The molecule has 17 heavy (non-hydrogen) atoms. The Labute approximate surface area is 102 Å². The van der Waals surface area contributed by atoms with Crippen LogP contribution in [0.3, 0.4) is 0 Å². The van der Waals surface area contributed by atoms with E-state index in [-0.39, 0.29) is 5.75 Å². The van der Waals surface area contributed by atoms with E-state index in [9.17, 15) is 8.42 Å². The van der Waals surface area contributed by atoms with Crippen molar-refractivity contribution >= 4 is 10.0 Å². The zero-order valence-electron chi connectivity index (χ0n) is 9.97. The predicted octanol–water partition coefficient (Wildman–Crippen LogP) is 1.89. The van der Waals surface area contributed by atoms with Crippen molar-refractivity contribution < 1.29 is 8.42 Å². The molecule has 1 atom stereocenters. The van der Waals surface area contributed by atoms with Gasteiger partial charge in [-0.3, -0.25) is 0 Å². The summed E-state index contributed by atoms with van der Waals surface area (Å²) >= 11 is 0. The Morgan fingerprint density at radius 3 is 2.71 bits per heavy atom. The zero-order valence-corrected chi connectivity index (χ0v) is 10.8. The highest BCUT2D eigenvalue weighted by Gasteiger charge is 2.18. The van der Waals surface area contributed by atoms with Gasteiger partial charge in [-0.05, 0) is 18.9 Å². The van der Waals surface area contributed by atoms with Crippen LogP contribution in [0.2, 0.25) is 0 Å². The molecular weight excluding hydrogens is 236 g/mol. The van der Waals surface area contributed by atoms with E-state index in [0.29, 0.717) is 12.0 Å². The molecule has 0 amide bonds. The summed E-state index contributed by atoms with van der Waals surface area (Å²) in [4.78, 5) is 0. The second-order valence-electron chi connectivity index (χ2n) is 3.91. The average molecular weight is 252 g/mol. The van der Waals surface area contributed by atoms with Crippen LogP contribution < -0.4 is 4.72 Å². The summed E-state index contributed by atoms with van der Waals surface area (Å²) in [7, 11) is -3.38. The summed E-state index contributed by atoms with van der Waals surface area (Å²) in [6.07, 6.45) is 0.529. The van der Waals surface area contributed by atoms with Crippen LogP contribution in [-0.4, -0.2) is 14.2 Å². The number of nitrogens with zero attached hydrogens (tertiary/aromatic N) is 1. The minimum Gasteiger partial charge on any atom is -0.212 e. The van der Waals surface area contributed by atoms with E-state index in [0.717, 1.165) is 5.56 Å². The summed E-state index contributed by atoms with van der Waals surface area (Å²) in [5.74, 6) is 0.0387. The molecule has 0 spiro atoms. The minimum atomic E-state index is -3.38. The lowest BCUT2D eigenvalue weighted by Crippen LogP contribution is -2.29. The second-order valence-corrected chi connectivity index (χ2v) is 5.79. The molecule has 1 unspecified atom stereocenters. The average Bonchev–Trinajstić information content (AvgIpc) is 2.26. The van der Waals surface area contributed by atoms with E-state index in [2.05, 4.69) is 4.72 Å². The highest BCUT2D eigenvalue weighted by molar-refractivity contribution is 7.89. The highest BCUT2D eigenvalue weighted by Crippen LogP contribution is 2.14. The van der Waals surface area contributed by atoms with Gasteiger partial charge >= 0.3 is 0 Å². The molecule has 92 valence electrons. The quantitative estimate of drug-likeness (QED) is 0.870. The molecule has 0 fully saturated rings. The van der Waals surface area contributed by atoms with Crippen LogP contribution in [0.5, 0.6) is 0 Å². The van der Waals surface area contributed by atoms with Crippen LogP contribution in [0.25, 0.3) is 0 Å². The highest BCUT2D eigenvalue weighted by atomic mass is 32.2. The van der Waals surface area contributed by atoms with Gasteiger partial charge in [-0.2, -0.15) is 9.98 Å². The van der Waals surface area contributed by atoms with Crippen LogP contribution in [0, 0.1) is 18.3 Å². The Hall–Kier alpha value is -1.38. The van der Waals surface area contributed by atoms with Crippen molar-refractivity contribution in [1.29, 1.82) is 5.26 Å². The van der Waals surface area contributed by atoms with Crippen molar-refractivity contribution in [1.82, 2.24) is 4.72 Å². The molecule has 0 aliphatic carbocycles. The summed E-state index contributed by atoms with van der Waals surface area (Å²) in [6.45, 7) is 3.69. The molecule has 1 rings (SSSR count). The van der Waals surface area contributed by atoms with Crippen molar-refractivity contribution in [2.75, 3.05) is 5.75 Å². The topological polar surface area (TPSA) is 70.0 Å². The Morgan fingerprint density at radius 2 is 2.18 bits per heavy atom. The van der Waals surface area contributed by atoms with Crippen LogP contribution in [0.4, 0.5) is 0 Å². The molecule has 0 heterocycles. The fourth-order valence-electron chi connectivity index (χ4n) is 1.53. The van der Waals surface area contributed by atoms with Crippen LogP contribution in [0.15, 0.2) is 24.3 Å². The molecule has 1 aromatic rings. The van der Waals surface area contributed by atoms with E-state index in [4.69, 9.17) is 5.26 Å². The fraction of sp³-hybridized carbons (Fsp3) is 0.417. The third-order valence-electron chi connectivity index (χ3n) is 2.27. The van der Waals surface area contributed by atoms with Gasteiger partial charge in [0, 0.05) is 0 Å². The van der Waals surface area contributed by atoms with E-state index in [1.54, 1.807) is 13.0 Å². The minimum absolute atomic E-state index is 0.0387. The predicted molar refractivity (Wildman–Crippen MR) is 66.7 cm³/mol. The molecule has 1 N–H and O–H groups in total. The Kier molecular flexibility index (Phi) is 4.67. The standard InChI is InChI=1S/C12H16N2O2S/c1-3-7-17(15,16)14-12(9-13)11-6-4-5-10(2)8-11/h4-6,8,12,14H,3,7H2,1-2H3. The van der Waals surface area contributed by atoms with Gasteiger partial charge in [0.05, 0.1) is 11.8 Å². The number of sulfonamides is 1. The monoisotopic (exact) mass is 252 g/mol. The number of nitrogens with one attached hydrogen (secondary N) is 1. The molecule has 0 saturated carbocycles. The first-order valence-electron chi connectivity index (χ1n) is 5.44. The van der Waals surface area contributed by atoms with Crippen molar-refractivity contribution in [3.63, 3.8) is 0 Å². The van der Waals surface area contributed by atoms with Gasteiger partial charge < -0.3 is 0 Å². The molecule has 4 nitrogen and oxygen atoms in total. The molecule has 0 aliphatic rings. The van der Waals surface area contributed by atoms with Gasteiger partial charge in [0.2, 0.25) is 10.0 Å². The van der Waals surface area contributed by atoms with Gasteiger partial charge in [0.15, 0.2) is 0 Å². The van der Waals surface area contributed by atoms with Gasteiger partial charge in [-0.1, -0.05) is 36.8 Å². The van der Waals surface area contributed by atoms with E-state index >= 15 is 0 Å². The van der Waals surface area contributed by atoms with E-state index < -0.39 is 16.1 Å². The lowest BCUT2D eigenvalue weighted by atomic mass is 10.1. The second kappa shape index (κ2) is 5.80. The lowest BCUT2D eigenvalue weighted by molar-refractivity contribution is 0.574. The van der Waals surface area contributed by atoms with Crippen LogP contribution in [0.1, 0.15) is 30.5 Å². The van der Waals surface area contributed by atoms with E-state index in [1.165, 1.54) is 0 Å². The van der Waals surface area contributed by atoms with Gasteiger partial charge in [-0.15, -0.1) is 0 Å². The van der Waals surface area contributed by atoms with Crippen LogP contribution >= 0.6 is 0 Å². The zero-order chi connectivity index (χ0) is 12.9. The van der Waals surface area contributed by atoms with Crippen LogP contribution in [-0.2, 0) is 10.0 Å². The van der Waals surface area contributed by atoms with E-state index in [1.807, 2.05) is 31.2 Å². The number of benzene rings is 1. The van der Waals surface area contributed by atoms with Crippen molar-refractivity contribution in [3.8, 4) is 6.07 Å². The lowest BCUT2D eigenvalue weighted by Gasteiger charge is -2.12. The maximum atomic E-state index is 11.6. The molecule has 0 aromatic heterocycles. The summed E-state index contributed by atoms with van der Waals surface area (Å²) < 4.78 is 25.6. The summed E-state index contributed by atoms with van der Waals surface area (Å²) in [5.41, 5.74) is 1.67.